The Balaban J connectivity index is 0.000000209. The van der Waals surface area contributed by atoms with Crippen molar-refractivity contribution in [2.45, 2.75) is 6.92 Å². The fraction of sp³-hybridized carbons (Fsp3) is 0.188. The molecule has 0 saturated heterocycles. The van der Waals surface area contributed by atoms with Crippen LogP contribution in [-0.4, -0.2) is 50.8 Å². The van der Waals surface area contributed by atoms with Gasteiger partial charge in [-0.1, -0.05) is 0 Å². The Morgan fingerprint density at radius 2 is 1.36 bits per heavy atom. The second-order valence-electron chi connectivity index (χ2n) is 9.03. The molecule has 4 aromatic rings. The van der Waals surface area contributed by atoms with Crippen molar-refractivity contribution in [1.29, 1.82) is 0 Å². The molecule has 4 aromatic carbocycles. The van der Waals surface area contributed by atoms with Gasteiger partial charge in [0, 0.05) is 18.2 Å². The topological polar surface area (TPSA) is 154 Å². The van der Waals surface area contributed by atoms with E-state index >= 15 is 0 Å². The molecule has 1 aliphatic rings. The first kappa shape index (κ1) is 31.9. The van der Waals surface area contributed by atoms with E-state index in [1.54, 1.807) is 63.6 Å². The number of nitrogens with one attached hydrogen (secondary N) is 1. The van der Waals surface area contributed by atoms with Gasteiger partial charge in [0.15, 0.2) is 13.2 Å². The summed E-state index contributed by atoms with van der Waals surface area (Å²) in [6.45, 7) is 1.45. The van der Waals surface area contributed by atoms with Crippen LogP contribution in [0, 0.1) is 10.1 Å². The minimum Gasteiger partial charge on any atom is -0.497 e. The molecule has 1 aliphatic heterocycles. The number of anilines is 1. The van der Waals surface area contributed by atoms with Crippen LogP contribution in [0.2, 0.25) is 0 Å². The molecule has 0 spiro atoms. The van der Waals surface area contributed by atoms with Crippen molar-refractivity contribution in [3.05, 3.63) is 95.0 Å². The van der Waals surface area contributed by atoms with E-state index in [2.05, 4.69) is 5.32 Å². The van der Waals surface area contributed by atoms with Gasteiger partial charge in [-0.15, -0.1) is 0 Å². The average Bonchev–Trinajstić information content (AvgIpc) is 3.05. The third-order valence-corrected chi connectivity index (χ3v) is 5.96. The normalized spacial score (nSPS) is 11.3. The number of fused-ring (bicyclic) bond motifs is 1. The zero-order valence-electron chi connectivity index (χ0n) is 24.6. The number of rotatable bonds is 11. The molecule has 0 saturated carbocycles. The van der Waals surface area contributed by atoms with Crippen molar-refractivity contribution >= 4 is 23.3 Å². The summed E-state index contributed by atoms with van der Waals surface area (Å²) in [7, 11) is 3.17. The molecule has 0 aromatic heterocycles. The van der Waals surface area contributed by atoms with Gasteiger partial charge in [-0.3, -0.25) is 14.9 Å². The van der Waals surface area contributed by atoms with Gasteiger partial charge in [0.1, 0.15) is 40.2 Å². The van der Waals surface area contributed by atoms with Crippen molar-refractivity contribution < 1.29 is 47.7 Å². The molecule has 13 nitrogen and oxygen atoms in total. The number of hydrogen-bond donors (Lipinski definition) is 1. The molecule has 1 amide bonds. The van der Waals surface area contributed by atoms with Gasteiger partial charge in [-0.25, -0.2) is 4.79 Å². The van der Waals surface area contributed by atoms with Crippen LogP contribution in [0.25, 0.3) is 0 Å². The molecule has 0 fully saturated rings. The summed E-state index contributed by atoms with van der Waals surface area (Å²) in [6.07, 6.45) is 0. The van der Waals surface area contributed by atoms with E-state index in [-0.39, 0.29) is 30.6 Å². The molecule has 0 bridgehead atoms. The van der Waals surface area contributed by atoms with E-state index in [4.69, 9.17) is 33.2 Å². The largest absolute Gasteiger partial charge is 0.497 e. The maximum Gasteiger partial charge on any atom is 0.344 e. The van der Waals surface area contributed by atoms with Gasteiger partial charge in [-0.2, -0.15) is 0 Å². The molecule has 0 atom stereocenters. The first-order chi connectivity index (χ1) is 21.8. The summed E-state index contributed by atoms with van der Waals surface area (Å²) >= 11 is 0. The average molecular weight is 619 g/mol. The lowest BCUT2D eigenvalue weighted by molar-refractivity contribution is -0.385. The smallest absolute Gasteiger partial charge is 0.344 e. The lowest BCUT2D eigenvalue weighted by Crippen LogP contribution is -2.25. The van der Waals surface area contributed by atoms with Gasteiger partial charge in [0.25, 0.3) is 5.91 Å². The Labute approximate surface area is 258 Å². The fourth-order valence-corrected chi connectivity index (χ4v) is 3.84. The third kappa shape index (κ3) is 9.25. The molecular formula is C32H30N2O11. The highest BCUT2D eigenvalue weighted by molar-refractivity contribution is 5.95. The van der Waals surface area contributed by atoms with Crippen molar-refractivity contribution in [3.8, 4) is 46.0 Å². The van der Waals surface area contributed by atoms with E-state index in [9.17, 15) is 19.7 Å². The van der Waals surface area contributed by atoms with Crippen LogP contribution in [-0.2, 0) is 14.3 Å². The van der Waals surface area contributed by atoms with Crippen LogP contribution >= 0.6 is 0 Å². The zero-order valence-corrected chi connectivity index (χ0v) is 24.6. The second kappa shape index (κ2) is 15.5. The summed E-state index contributed by atoms with van der Waals surface area (Å²) in [5.41, 5.74) is 0.384. The number of nitrogens with zero attached hydrogens (tertiary/aromatic N) is 1. The van der Waals surface area contributed by atoms with Crippen LogP contribution in [0.15, 0.2) is 84.9 Å². The van der Waals surface area contributed by atoms with E-state index in [1.165, 1.54) is 18.2 Å². The molecule has 45 heavy (non-hydrogen) atoms. The number of ether oxygens (including phenoxy) is 7. The van der Waals surface area contributed by atoms with Crippen LogP contribution in [0.4, 0.5) is 11.4 Å². The summed E-state index contributed by atoms with van der Waals surface area (Å²) in [5.74, 6) is 3.40. The number of nitro benzene ring substituents is 1. The van der Waals surface area contributed by atoms with Gasteiger partial charge in [0.05, 0.1) is 31.4 Å². The van der Waals surface area contributed by atoms with Gasteiger partial charge >= 0.3 is 11.7 Å². The highest BCUT2D eigenvalue weighted by atomic mass is 16.6. The number of carbonyl (C=O) groups excluding carboxylic acids is 2. The Hall–Kier alpha value is -5.98. The molecule has 5 rings (SSSR count). The lowest BCUT2D eigenvalue weighted by Gasteiger charge is -2.18. The Kier molecular flexibility index (Phi) is 11.0. The van der Waals surface area contributed by atoms with Crippen molar-refractivity contribution in [3.63, 3.8) is 0 Å². The Morgan fingerprint density at radius 3 is 1.91 bits per heavy atom. The molecule has 234 valence electrons. The molecule has 0 radical (unpaired) electrons. The van der Waals surface area contributed by atoms with Gasteiger partial charge in [0.2, 0.25) is 5.75 Å². The van der Waals surface area contributed by atoms with Crippen molar-refractivity contribution in [2.24, 2.45) is 0 Å². The predicted molar refractivity (Wildman–Crippen MR) is 162 cm³/mol. The second-order valence-corrected chi connectivity index (χ2v) is 9.03. The monoisotopic (exact) mass is 618 g/mol. The van der Waals surface area contributed by atoms with Crippen LogP contribution in [0.3, 0.4) is 0 Å². The number of amides is 1. The van der Waals surface area contributed by atoms with E-state index in [0.717, 1.165) is 5.75 Å². The summed E-state index contributed by atoms with van der Waals surface area (Å²) < 4.78 is 36.8. The number of carbonyl (C=O) groups is 2. The number of methoxy groups -OCH3 is 2. The SMILES string of the molecule is CCOC(=O)COc1cc(Oc2ccc(OC)cc2)ccc1[N+](=O)[O-].COc1ccc(Oc2ccc3c(c2)OCC(=O)N3)cc1. The quantitative estimate of drug-likeness (QED) is 0.117. The molecule has 1 N–H and O–H groups in total. The highest BCUT2D eigenvalue weighted by Crippen LogP contribution is 2.35. The van der Waals surface area contributed by atoms with Crippen LogP contribution in [0.5, 0.6) is 46.0 Å². The first-order valence-electron chi connectivity index (χ1n) is 13.5. The van der Waals surface area contributed by atoms with Crippen LogP contribution in [0.1, 0.15) is 6.92 Å². The summed E-state index contributed by atoms with van der Waals surface area (Å²) in [4.78, 5) is 33.0. The molecule has 0 unspecified atom stereocenters. The van der Waals surface area contributed by atoms with Crippen LogP contribution < -0.4 is 33.7 Å². The maximum absolute atomic E-state index is 11.4. The molecule has 1 heterocycles. The lowest BCUT2D eigenvalue weighted by atomic mass is 10.2. The van der Waals surface area contributed by atoms with Crippen molar-refractivity contribution in [2.75, 3.05) is 39.4 Å². The van der Waals surface area contributed by atoms with E-state index < -0.39 is 17.5 Å². The number of nitro groups is 1. The summed E-state index contributed by atoms with van der Waals surface area (Å²) in [5, 5.41) is 13.8. The number of hydrogen-bond acceptors (Lipinski definition) is 11. The highest BCUT2D eigenvalue weighted by Gasteiger charge is 2.19. The third-order valence-electron chi connectivity index (χ3n) is 5.96. The zero-order chi connectivity index (χ0) is 32.2. The maximum atomic E-state index is 11.4. The standard InChI is InChI=1S/C17H17NO7.C15H13NO4/c1-3-23-17(19)11-24-16-10-14(8-9-15(16)18(20)21)25-13-6-4-12(22-2)5-7-13;1-18-10-2-4-11(5-3-10)20-12-6-7-13-14(8-12)19-9-15(17)16-13/h4-10H,3,11H2,1-2H3;2-8H,9H2,1H3,(H,16,17). The molecule has 0 aliphatic carbocycles. The van der Waals surface area contributed by atoms with Crippen molar-refractivity contribution in [1.82, 2.24) is 0 Å². The van der Waals surface area contributed by atoms with Gasteiger partial charge in [-0.05, 0) is 73.7 Å². The number of benzene rings is 4. The minimum absolute atomic E-state index is 0.0268. The Morgan fingerprint density at radius 1 is 0.822 bits per heavy atom. The summed E-state index contributed by atoms with van der Waals surface area (Å²) in [6, 6.07) is 23.4. The fourth-order valence-electron chi connectivity index (χ4n) is 3.84. The molecule has 13 heteroatoms. The first-order valence-corrected chi connectivity index (χ1v) is 13.5. The van der Waals surface area contributed by atoms with E-state index in [1.807, 2.05) is 24.3 Å². The van der Waals surface area contributed by atoms with E-state index in [0.29, 0.717) is 40.2 Å². The number of esters is 1. The predicted octanol–water partition coefficient (Wildman–Crippen LogP) is 6.16. The molecular weight excluding hydrogens is 588 g/mol. The Bertz CT molecular complexity index is 1620. The van der Waals surface area contributed by atoms with Gasteiger partial charge < -0.3 is 38.5 Å². The minimum atomic E-state index is -0.613.